The van der Waals surface area contributed by atoms with Gasteiger partial charge in [0, 0.05) is 30.3 Å². The molecule has 178 valence electrons. The molecule has 2 N–H and O–H groups in total. The number of hydrogen-bond acceptors (Lipinski definition) is 5. The van der Waals surface area contributed by atoms with Gasteiger partial charge in [0.1, 0.15) is 6.04 Å². The standard InChI is InChI=1S/C24H34N6O2S/c1-4-22(31)27-19(13-23-28-18-11-10-17(15(2)3)12-21(18)33-23)24(32)29-20(14-26-30-25)16-8-6-5-7-9-16/h10-12,15-16,19-20H,4-9,13-14H2,1-3H3,(H,27,31)(H,29,32)/t19-,20?/m0/s1. The summed E-state index contributed by atoms with van der Waals surface area (Å²) in [5, 5.41) is 10.5. The molecule has 0 bridgehead atoms. The normalized spacial score (nSPS) is 16.2. The van der Waals surface area contributed by atoms with E-state index >= 15 is 0 Å². The topological polar surface area (TPSA) is 120 Å². The van der Waals surface area contributed by atoms with Gasteiger partial charge < -0.3 is 10.6 Å². The Morgan fingerprint density at radius 3 is 2.67 bits per heavy atom. The lowest BCUT2D eigenvalue weighted by Gasteiger charge is -2.31. The lowest BCUT2D eigenvalue weighted by Crippen LogP contribution is -2.53. The summed E-state index contributed by atoms with van der Waals surface area (Å²) in [6.45, 7) is 6.30. The maximum Gasteiger partial charge on any atom is 0.243 e. The van der Waals surface area contributed by atoms with E-state index in [0.717, 1.165) is 40.9 Å². The van der Waals surface area contributed by atoms with E-state index in [9.17, 15) is 9.59 Å². The summed E-state index contributed by atoms with van der Waals surface area (Å²) >= 11 is 1.56. The number of fused-ring (bicyclic) bond motifs is 1. The predicted octanol–water partition coefficient (Wildman–Crippen LogP) is 5.23. The number of carbonyl (C=O) groups excluding carboxylic acids is 2. The van der Waals surface area contributed by atoms with Gasteiger partial charge in [-0.15, -0.1) is 11.3 Å². The quantitative estimate of drug-likeness (QED) is 0.281. The first-order valence-corrected chi connectivity index (χ1v) is 12.7. The van der Waals surface area contributed by atoms with Crippen LogP contribution >= 0.6 is 11.3 Å². The van der Waals surface area contributed by atoms with Crippen molar-refractivity contribution in [3.63, 3.8) is 0 Å². The second-order valence-electron chi connectivity index (χ2n) is 9.09. The molecule has 1 aromatic carbocycles. The van der Waals surface area contributed by atoms with Crippen molar-refractivity contribution >= 4 is 33.4 Å². The molecule has 2 atom stereocenters. The number of carbonyl (C=O) groups is 2. The van der Waals surface area contributed by atoms with Crippen molar-refractivity contribution < 1.29 is 9.59 Å². The monoisotopic (exact) mass is 470 g/mol. The van der Waals surface area contributed by atoms with Crippen molar-refractivity contribution in [2.75, 3.05) is 6.54 Å². The molecule has 3 rings (SSSR count). The van der Waals surface area contributed by atoms with Gasteiger partial charge in [-0.2, -0.15) is 0 Å². The van der Waals surface area contributed by atoms with Crippen LogP contribution in [0.4, 0.5) is 0 Å². The molecular weight excluding hydrogens is 436 g/mol. The lowest BCUT2D eigenvalue weighted by molar-refractivity contribution is -0.129. The van der Waals surface area contributed by atoms with Crippen molar-refractivity contribution in [3.05, 3.63) is 39.2 Å². The van der Waals surface area contributed by atoms with Crippen molar-refractivity contribution in [1.82, 2.24) is 15.6 Å². The van der Waals surface area contributed by atoms with Gasteiger partial charge in [-0.3, -0.25) is 9.59 Å². The molecule has 0 aliphatic heterocycles. The number of nitrogens with zero attached hydrogens (tertiary/aromatic N) is 4. The third-order valence-corrected chi connectivity index (χ3v) is 7.40. The Morgan fingerprint density at radius 2 is 2.00 bits per heavy atom. The van der Waals surface area contributed by atoms with Crippen LogP contribution in [0.25, 0.3) is 20.7 Å². The van der Waals surface area contributed by atoms with Crippen LogP contribution in [0, 0.1) is 5.92 Å². The van der Waals surface area contributed by atoms with E-state index in [1.165, 1.54) is 12.0 Å². The molecule has 2 aromatic rings. The average molecular weight is 471 g/mol. The predicted molar refractivity (Wildman–Crippen MR) is 132 cm³/mol. The van der Waals surface area contributed by atoms with Crippen molar-refractivity contribution in [2.45, 2.75) is 83.7 Å². The van der Waals surface area contributed by atoms with Crippen molar-refractivity contribution in [1.29, 1.82) is 0 Å². The van der Waals surface area contributed by atoms with Crippen LogP contribution in [0.5, 0.6) is 0 Å². The Hall–Kier alpha value is -2.64. The zero-order valence-corrected chi connectivity index (χ0v) is 20.5. The number of azide groups is 1. The van der Waals surface area contributed by atoms with E-state index < -0.39 is 6.04 Å². The molecule has 0 radical (unpaired) electrons. The number of amides is 2. The molecule has 2 amide bonds. The molecule has 0 spiro atoms. The molecule has 1 aliphatic carbocycles. The minimum absolute atomic E-state index is 0.178. The highest BCUT2D eigenvalue weighted by Crippen LogP contribution is 2.28. The number of rotatable bonds is 10. The summed E-state index contributed by atoms with van der Waals surface area (Å²) in [5.74, 6) is 0.285. The fourth-order valence-electron chi connectivity index (χ4n) is 4.37. The number of aromatic nitrogens is 1. The van der Waals surface area contributed by atoms with Gasteiger partial charge in [0.05, 0.1) is 15.2 Å². The molecular formula is C24H34N6O2S. The van der Waals surface area contributed by atoms with Gasteiger partial charge in [-0.05, 0) is 47.9 Å². The minimum atomic E-state index is -0.722. The van der Waals surface area contributed by atoms with Crippen LogP contribution in [-0.4, -0.2) is 35.4 Å². The molecule has 1 fully saturated rings. The van der Waals surface area contributed by atoms with E-state index in [1.54, 1.807) is 18.3 Å². The van der Waals surface area contributed by atoms with Crippen molar-refractivity contribution in [2.24, 2.45) is 11.0 Å². The SMILES string of the molecule is CCC(=O)N[C@@H](Cc1nc2ccc(C(C)C)cc2s1)C(=O)NC(CN=[N+]=[N-])C1CCCCC1. The molecule has 1 saturated carbocycles. The summed E-state index contributed by atoms with van der Waals surface area (Å²) in [6.07, 6.45) is 6.08. The Bertz CT molecular complexity index is 1010. The van der Waals surface area contributed by atoms with E-state index in [0.29, 0.717) is 18.8 Å². The molecule has 0 saturated heterocycles. The van der Waals surface area contributed by atoms with Crippen LogP contribution in [-0.2, 0) is 16.0 Å². The largest absolute Gasteiger partial charge is 0.351 e. The number of thiazole rings is 1. The summed E-state index contributed by atoms with van der Waals surface area (Å²) < 4.78 is 1.08. The van der Waals surface area contributed by atoms with E-state index in [2.05, 4.69) is 46.6 Å². The number of benzene rings is 1. The van der Waals surface area contributed by atoms with Gasteiger partial charge in [0.15, 0.2) is 0 Å². The summed E-state index contributed by atoms with van der Waals surface area (Å²) in [4.78, 5) is 33.1. The first-order valence-electron chi connectivity index (χ1n) is 11.9. The molecule has 1 aliphatic rings. The highest BCUT2D eigenvalue weighted by molar-refractivity contribution is 7.18. The molecule has 33 heavy (non-hydrogen) atoms. The molecule has 1 unspecified atom stereocenters. The summed E-state index contributed by atoms with van der Waals surface area (Å²) in [5.41, 5.74) is 11.0. The first-order chi connectivity index (χ1) is 15.9. The third-order valence-electron chi connectivity index (χ3n) is 6.36. The maximum absolute atomic E-state index is 13.3. The molecule has 8 nitrogen and oxygen atoms in total. The van der Waals surface area contributed by atoms with Crippen LogP contribution in [0.3, 0.4) is 0 Å². The van der Waals surface area contributed by atoms with Gasteiger partial charge in [0.25, 0.3) is 0 Å². The Kier molecular flexibility index (Phi) is 9.09. The summed E-state index contributed by atoms with van der Waals surface area (Å²) in [7, 11) is 0. The number of hydrogen-bond donors (Lipinski definition) is 2. The van der Waals surface area contributed by atoms with E-state index in [1.807, 2.05) is 6.07 Å². The molecule has 9 heteroatoms. The third kappa shape index (κ3) is 6.92. The smallest absolute Gasteiger partial charge is 0.243 e. The van der Waals surface area contributed by atoms with E-state index in [-0.39, 0.29) is 30.3 Å². The highest BCUT2D eigenvalue weighted by Gasteiger charge is 2.29. The van der Waals surface area contributed by atoms with Gasteiger partial charge in [-0.1, -0.05) is 51.2 Å². The maximum atomic E-state index is 13.3. The van der Waals surface area contributed by atoms with Crippen LogP contribution in [0.1, 0.15) is 75.8 Å². The van der Waals surface area contributed by atoms with Crippen LogP contribution in [0.2, 0.25) is 0 Å². The second kappa shape index (κ2) is 12.0. The van der Waals surface area contributed by atoms with Crippen LogP contribution in [0.15, 0.2) is 23.3 Å². The Morgan fingerprint density at radius 1 is 1.24 bits per heavy atom. The molecule has 1 heterocycles. The second-order valence-corrected chi connectivity index (χ2v) is 10.2. The average Bonchev–Trinajstić information content (AvgIpc) is 3.23. The molecule has 1 aromatic heterocycles. The Balaban J connectivity index is 1.78. The highest BCUT2D eigenvalue weighted by atomic mass is 32.1. The number of nitrogens with one attached hydrogen (secondary N) is 2. The zero-order chi connectivity index (χ0) is 23.8. The fourth-order valence-corrected chi connectivity index (χ4v) is 5.43. The van der Waals surface area contributed by atoms with Crippen LogP contribution < -0.4 is 10.6 Å². The fraction of sp³-hybridized carbons (Fsp3) is 0.625. The van der Waals surface area contributed by atoms with E-state index in [4.69, 9.17) is 10.5 Å². The first kappa shape index (κ1) is 25.0. The summed E-state index contributed by atoms with van der Waals surface area (Å²) in [6, 6.07) is 5.31. The minimum Gasteiger partial charge on any atom is -0.351 e. The van der Waals surface area contributed by atoms with Gasteiger partial charge >= 0.3 is 0 Å². The zero-order valence-electron chi connectivity index (χ0n) is 19.7. The van der Waals surface area contributed by atoms with Crippen molar-refractivity contribution in [3.8, 4) is 0 Å². The Labute approximate surface area is 199 Å². The van der Waals surface area contributed by atoms with Gasteiger partial charge in [-0.25, -0.2) is 4.98 Å². The lowest BCUT2D eigenvalue weighted by atomic mass is 9.83. The van der Waals surface area contributed by atoms with Gasteiger partial charge in [0.2, 0.25) is 11.8 Å².